The maximum absolute atomic E-state index is 6.25. The minimum atomic E-state index is 0.0836. The Bertz CT molecular complexity index is 221. The third-order valence-corrected chi connectivity index (χ3v) is 4.43. The van der Waals surface area contributed by atoms with Crippen LogP contribution in [-0.4, -0.2) is 19.0 Å². The quantitative estimate of drug-likeness (QED) is 0.742. The zero-order chi connectivity index (χ0) is 12.3. The van der Waals surface area contributed by atoms with Gasteiger partial charge < -0.3 is 9.47 Å². The molecule has 4 atom stereocenters. The summed E-state index contributed by atoms with van der Waals surface area (Å²) in [6, 6.07) is 0. The maximum atomic E-state index is 6.25. The van der Waals surface area contributed by atoms with Gasteiger partial charge in [-0.1, -0.05) is 27.2 Å². The molecule has 1 aliphatic heterocycles. The molecule has 2 aliphatic rings. The molecular formula is C15H28O2. The Labute approximate surface area is 106 Å². The SMILES string of the molecule is CC1CCC(C(C)C)C(OC2CCCCO2)C1. The van der Waals surface area contributed by atoms with Crippen LogP contribution in [0.15, 0.2) is 0 Å². The highest BCUT2D eigenvalue weighted by Gasteiger charge is 2.33. The van der Waals surface area contributed by atoms with E-state index in [9.17, 15) is 0 Å². The van der Waals surface area contributed by atoms with E-state index in [0.29, 0.717) is 6.10 Å². The van der Waals surface area contributed by atoms with Crippen molar-refractivity contribution in [1.82, 2.24) is 0 Å². The predicted molar refractivity (Wildman–Crippen MR) is 69.8 cm³/mol. The van der Waals surface area contributed by atoms with E-state index in [-0.39, 0.29) is 6.29 Å². The minimum absolute atomic E-state index is 0.0836. The monoisotopic (exact) mass is 240 g/mol. The van der Waals surface area contributed by atoms with E-state index in [4.69, 9.17) is 9.47 Å². The third-order valence-electron chi connectivity index (χ3n) is 4.43. The fraction of sp³-hybridized carbons (Fsp3) is 1.00. The Balaban J connectivity index is 1.89. The molecule has 0 aromatic heterocycles. The minimum Gasteiger partial charge on any atom is -0.353 e. The van der Waals surface area contributed by atoms with E-state index in [0.717, 1.165) is 30.8 Å². The zero-order valence-electron chi connectivity index (χ0n) is 11.7. The van der Waals surface area contributed by atoms with Crippen molar-refractivity contribution in [3.8, 4) is 0 Å². The molecule has 1 heterocycles. The van der Waals surface area contributed by atoms with Crippen LogP contribution in [0.5, 0.6) is 0 Å². The van der Waals surface area contributed by atoms with Crippen LogP contribution in [0.3, 0.4) is 0 Å². The van der Waals surface area contributed by atoms with E-state index in [1.54, 1.807) is 0 Å². The van der Waals surface area contributed by atoms with Crippen LogP contribution in [0.25, 0.3) is 0 Å². The lowest BCUT2D eigenvalue weighted by Gasteiger charge is -2.39. The fourth-order valence-electron chi connectivity index (χ4n) is 3.28. The van der Waals surface area contributed by atoms with E-state index in [2.05, 4.69) is 20.8 Å². The van der Waals surface area contributed by atoms with Crippen LogP contribution in [0.2, 0.25) is 0 Å². The molecule has 0 amide bonds. The smallest absolute Gasteiger partial charge is 0.157 e. The van der Waals surface area contributed by atoms with Crippen molar-refractivity contribution in [3.05, 3.63) is 0 Å². The molecule has 2 nitrogen and oxygen atoms in total. The average molecular weight is 240 g/mol. The lowest BCUT2D eigenvalue weighted by atomic mass is 9.75. The van der Waals surface area contributed by atoms with Crippen LogP contribution in [0, 0.1) is 17.8 Å². The lowest BCUT2D eigenvalue weighted by molar-refractivity contribution is -0.210. The summed E-state index contributed by atoms with van der Waals surface area (Å²) in [6.45, 7) is 7.91. The summed E-state index contributed by atoms with van der Waals surface area (Å²) >= 11 is 0. The second kappa shape index (κ2) is 6.19. The van der Waals surface area contributed by atoms with E-state index in [1.807, 2.05) is 0 Å². The molecule has 0 N–H and O–H groups in total. The molecule has 0 spiro atoms. The number of ether oxygens (including phenoxy) is 2. The molecule has 2 heteroatoms. The van der Waals surface area contributed by atoms with Gasteiger partial charge in [-0.3, -0.25) is 0 Å². The first-order chi connectivity index (χ1) is 8.16. The molecule has 4 unspecified atom stereocenters. The van der Waals surface area contributed by atoms with Gasteiger partial charge in [-0.2, -0.15) is 0 Å². The molecular weight excluding hydrogens is 212 g/mol. The van der Waals surface area contributed by atoms with Crippen LogP contribution >= 0.6 is 0 Å². The summed E-state index contributed by atoms with van der Waals surface area (Å²) in [4.78, 5) is 0. The van der Waals surface area contributed by atoms with Crippen LogP contribution in [0.4, 0.5) is 0 Å². The molecule has 1 aliphatic carbocycles. The van der Waals surface area contributed by atoms with Gasteiger partial charge in [0.05, 0.1) is 6.10 Å². The van der Waals surface area contributed by atoms with E-state index < -0.39 is 0 Å². The van der Waals surface area contributed by atoms with Gasteiger partial charge in [-0.05, 0) is 49.9 Å². The molecule has 1 saturated carbocycles. The summed E-state index contributed by atoms with van der Waals surface area (Å²) < 4.78 is 12.0. The van der Waals surface area contributed by atoms with Gasteiger partial charge in [0.15, 0.2) is 6.29 Å². The predicted octanol–water partition coefficient (Wildman–Crippen LogP) is 3.99. The van der Waals surface area contributed by atoms with Crippen LogP contribution in [-0.2, 0) is 9.47 Å². The first-order valence-electron chi connectivity index (χ1n) is 7.44. The summed E-state index contributed by atoms with van der Waals surface area (Å²) in [5.74, 6) is 2.28. The Morgan fingerprint density at radius 2 is 1.94 bits per heavy atom. The van der Waals surface area contributed by atoms with Crippen molar-refractivity contribution in [3.63, 3.8) is 0 Å². The molecule has 0 aromatic carbocycles. The molecule has 0 radical (unpaired) electrons. The standard InChI is InChI=1S/C15H28O2/c1-11(2)13-8-7-12(3)10-14(13)17-15-6-4-5-9-16-15/h11-15H,4-10H2,1-3H3. The summed E-state index contributed by atoms with van der Waals surface area (Å²) in [6.07, 6.45) is 8.00. The second-order valence-corrected chi connectivity index (χ2v) is 6.30. The second-order valence-electron chi connectivity index (χ2n) is 6.30. The average Bonchev–Trinajstić information content (AvgIpc) is 2.30. The van der Waals surface area contributed by atoms with Gasteiger partial charge in [0.1, 0.15) is 0 Å². The van der Waals surface area contributed by atoms with Crippen molar-refractivity contribution in [2.24, 2.45) is 17.8 Å². The number of hydrogen-bond acceptors (Lipinski definition) is 2. The number of rotatable bonds is 3. The molecule has 0 aromatic rings. The van der Waals surface area contributed by atoms with Gasteiger partial charge >= 0.3 is 0 Å². The van der Waals surface area contributed by atoms with Crippen molar-refractivity contribution >= 4 is 0 Å². The number of hydrogen-bond donors (Lipinski definition) is 0. The van der Waals surface area contributed by atoms with Crippen LogP contribution in [0.1, 0.15) is 59.3 Å². The molecule has 1 saturated heterocycles. The summed E-state index contributed by atoms with van der Waals surface area (Å²) in [5, 5.41) is 0. The van der Waals surface area contributed by atoms with E-state index >= 15 is 0 Å². The van der Waals surface area contributed by atoms with Gasteiger partial charge in [0, 0.05) is 6.61 Å². The van der Waals surface area contributed by atoms with Gasteiger partial charge in [-0.15, -0.1) is 0 Å². The lowest BCUT2D eigenvalue weighted by Crippen LogP contribution is -2.38. The van der Waals surface area contributed by atoms with Crippen LogP contribution < -0.4 is 0 Å². The Morgan fingerprint density at radius 1 is 1.12 bits per heavy atom. The molecule has 17 heavy (non-hydrogen) atoms. The Hall–Kier alpha value is -0.0800. The molecule has 2 rings (SSSR count). The summed E-state index contributed by atoms with van der Waals surface area (Å²) in [7, 11) is 0. The third kappa shape index (κ3) is 3.69. The Morgan fingerprint density at radius 3 is 2.59 bits per heavy atom. The van der Waals surface area contributed by atoms with Crippen molar-refractivity contribution in [1.29, 1.82) is 0 Å². The first kappa shape index (κ1) is 13.4. The molecule has 0 bridgehead atoms. The molecule has 2 fully saturated rings. The maximum Gasteiger partial charge on any atom is 0.157 e. The van der Waals surface area contributed by atoms with Gasteiger partial charge in [0.2, 0.25) is 0 Å². The highest BCUT2D eigenvalue weighted by Crippen LogP contribution is 2.36. The van der Waals surface area contributed by atoms with Gasteiger partial charge in [-0.25, -0.2) is 0 Å². The largest absolute Gasteiger partial charge is 0.353 e. The van der Waals surface area contributed by atoms with Crippen molar-refractivity contribution < 1.29 is 9.47 Å². The first-order valence-corrected chi connectivity index (χ1v) is 7.44. The highest BCUT2D eigenvalue weighted by molar-refractivity contribution is 4.81. The Kier molecular flexibility index (Phi) is 4.87. The fourth-order valence-corrected chi connectivity index (χ4v) is 3.28. The normalized spacial score (nSPS) is 39.5. The van der Waals surface area contributed by atoms with E-state index in [1.165, 1.54) is 32.1 Å². The zero-order valence-corrected chi connectivity index (χ0v) is 11.7. The van der Waals surface area contributed by atoms with Gasteiger partial charge in [0.25, 0.3) is 0 Å². The molecule has 100 valence electrons. The van der Waals surface area contributed by atoms with Crippen molar-refractivity contribution in [2.45, 2.75) is 71.7 Å². The van der Waals surface area contributed by atoms with Crippen molar-refractivity contribution in [2.75, 3.05) is 6.61 Å². The summed E-state index contributed by atoms with van der Waals surface area (Å²) in [5.41, 5.74) is 0. The highest BCUT2D eigenvalue weighted by atomic mass is 16.7. The topological polar surface area (TPSA) is 18.5 Å².